The molecule has 0 N–H and O–H groups in total. The summed E-state index contributed by atoms with van der Waals surface area (Å²) in [5, 5.41) is 0. The molecule has 0 spiro atoms. The Labute approximate surface area is 94.3 Å². The van der Waals surface area contributed by atoms with Gasteiger partial charge in [0.05, 0.1) is 0 Å². The molecule has 0 unspecified atom stereocenters. The topological polar surface area (TPSA) is 0 Å². The van der Waals surface area contributed by atoms with Crippen LogP contribution in [0.1, 0.15) is 46.9 Å². The van der Waals surface area contributed by atoms with Gasteiger partial charge in [0.15, 0.2) is 0 Å². The molecule has 0 aromatic heterocycles. The Morgan fingerprint density at radius 3 is 2.00 bits per heavy atom. The number of rotatable bonds is 6. The van der Waals surface area contributed by atoms with E-state index in [0.29, 0.717) is 0 Å². The monoisotopic (exact) mass is 170 g/mol. The van der Waals surface area contributed by atoms with Crippen LogP contribution in [0.3, 0.4) is 0 Å². The summed E-state index contributed by atoms with van der Waals surface area (Å²) in [6.07, 6.45) is 8.27. The summed E-state index contributed by atoms with van der Waals surface area (Å²) in [5.41, 5.74) is 0. The van der Waals surface area contributed by atoms with Gasteiger partial charge >= 0.3 is 29.6 Å². The van der Waals surface area contributed by atoms with Crippen molar-refractivity contribution in [1.29, 1.82) is 0 Å². The molecule has 0 fully saturated rings. The van der Waals surface area contributed by atoms with Crippen molar-refractivity contribution in [2.24, 2.45) is 0 Å². The predicted octanol–water partition coefficient (Wildman–Crippen LogP) is 0.393. The summed E-state index contributed by atoms with van der Waals surface area (Å²) in [4.78, 5) is 0. The van der Waals surface area contributed by atoms with Crippen molar-refractivity contribution in [3.05, 3.63) is 0 Å². The minimum Gasteiger partial charge on any atom is -1.00 e. The van der Waals surface area contributed by atoms with Crippen molar-refractivity contribution >= 4 is 12.6 Å². The largest absolute Gasteiger partial charge is 1.00 e. The van der Waals surface area contributed by atoms with Crippen LogP contribution in [0.15, 0.2) is 0 Å². The third-order valence-corrected chi connectivity index (χ3v) is 1.83. The van der Waals surface area contributed by atoms with Gasteiger partial charge in [-0.3, -0.25) is 0 Å². The Morgan fingerprint density at radius 2 is 1.50 bits per heavy atom. The van der Waals surface area contributed by atoms with E-state index in [1.807, 2.05) is 0 Å². The number of hydrogen-bond donors (Lipinski definition) is 1. The van der Waals surface area contributed by atoms with Crippen LogP contribution in [0.25, 0.3) is 0 Å². The summed E-state index contributed by atoms with van der Waals surface area (Å²) in [6, 6.07) is 0. The zero-order valence-corrected chi connectivity index (χ0v) is 10.3. The summed E-state index contributed by atoms with van der Waals surface area (Å²) >= 11 is 4.15. The minimum absolute atomic E-state index is 0. The normalized spacial score (nSPS) is 9.00. The molecule has 0 aliphatic heterocycles. The number of hydrogen-bond acceptors (Lipinski definition) is 1. The van der Waals surface area contributed by atoms with Gasteiger partial charge in [-0.1, -0.05) is 39.0 Å². The molecule has 0 nitrogen and oxygen atoms in total. The molecule has 0 saturated carbocycles. The molecule has 0 saturated heterocycles. The average molecular weight is 170 g/mol. The Hall–Kier alpha value is 1.35. The molecule has 0 aliphatic carbocycles. The molecular formula is C8H19NaS. The fourth-order valence-electron chi connectivity index (χ4n) is 0.892. The maximum Gasteiger partial charge on any atom is 1.00 e. The van der Waals surface area contributed by atoms with E-state index in [-0.39, 0.29) is 31.0 Å². The summed E-state index contributed by atoms with van der Waals surface area (Å²) < 4.78 is 0. The Balaban J connectivity index is -0.000000320. The maximum absolute atomic E-state index is 4.15. The molecule has 0 heterocycles. The van der Waals surface area contributed by atoms with E-state index in [0.717, 1.165) is 5.75 Å². The van der Waals surface area contributed by atoms with Gasteiger partial charge in [0, 0.05) is 0 Å². The first-order valence-corrected chi connectivity index (χ1v) is 4.66. The fraction of sp³-hybridized carbons (Fsp3) is 1.00. The molecule has 0 atom stereocenters. The Morgan fingerprint density at radius 1 is 1.00 bits per heavy atom. The van der Waals surface area contributed by atoms with Crippen molar-refractivity contribution in [3.63, 3.8) is 0 Å². The standard InChI is InChI=1S/C8H18S.Na.H/c1-2-3-4-5-6-7-8-9;;/h9H,2-8H2,1H3;;/q;+1;-1. The molecule has 0 radical (unpaired) electrons. The van der Waals surface area contributed by atoms with Crippen LogP contribution in [0.2, 0.25) is 0 Å². The molecule has 0 aromatic rings. The molecular weight excluding hydrogens is 151 g/mol. The molecule has 0 bridgehead atoms. The fourth-order valence-corrected chi connectivity index (χ4v) is 1.12. The number of unbranched alkanes of at least 4 members (excludes halogenated alkanes) is 5. The van der Waals surface area contributed by atoms with E-state index in [1.165, 1.54) is 38.5 Å². The van der Waals surface area contributed by atoms with Crippen LogP contribution in [-0.4, -0.2) is 5.75 Å². The van der Waals surface area contributed by atoms with Crippen LogP contribution in [0.5, 0.6) is 0 Å². The van der Waals surface area contributed by atoms with Gasteiger partial charge in [0.1, 0.15) is 0 Å². The van der Waals surface area contributed by atoms with Crippen molar-refractivity contribution in [2.75, 3.05) is 5.75 Å². The maximum atomic E-state index is 4.15. The third kappa shape index (κ3) is 12.1. The predicted molar refractivity (Wildman–Crippen MR) is 48.3 cm³/mol. The smallest absolute Gasteiger partial charge is 1.00 e. The molecule has 0 amide bonds. The van der Waals surface area contributed by atoms with Crippen LogP contribution in [0, 0.1) is 0 Å². The van der Waals surface area contributed by atoms with E-state index < -0.39 is 0 Å². The van der Waals surface area contributed by atoms with E-state index in [2.05, 4.69) is 19.6 Å². The zero-order valence-electron chi connectivity index (χ0n) is 8.40. The van der Waals surface area contributed by atoms with Crippen molar-refractivity contribution < 1.29 is 31.0 Å². The van der Waals surface area contributed by atoms with E-state index in [4.69, 9.17) is 0 Å². The summed E-state index contributed by atoms with van der Waals surface area (Å²) in [5.74, 6) is 1.06. The Bertz CT molecular complexity index is 47.4. The van der Waals surface area contributed by atoms with Gasteiger partial charge in [-0.15, -0.1) is 0 Å². The first-order valence-electron chi connectivity index (χ1n) is 4.02. The van der Waals surface area contributed by atoms with Gasteiger partial charge < -0.3 is 1.43 Å². The van der Waals surface area contributed by atoms with Crippen LogP contribution in [-0.2, 0) is 0 Å². The molecule has 10 heavy (non-hydrogen) atoms. The van der Waals surface area contributed by atoms with Crippen LogP contribution in [0.4, 0.5) is 0 Å². The first kappa shape index (κ1) is 13.9. The van der Waals surface area contributed by atoms with Gasteiger partial charge in [-0.05, 0) is 12.2 Å². The van der Waals surface area contributed by atoms with E-state index in [1.54, 1.807) is 0 Å². The molecule has 2 heteroatoms. The van der Waals surface area contributed by atoms with E-state index >= 15 is 0 Å². The van der Waals surface area contributed by atoms with Crippen molar-refractivity contribution in [1.82, 2.24) is 0 Å². The van der Waals surface area contributed by atoms with Gasteiger partial charge in [0.25, 0.3) is 0 Å². The van der Waals surface area contributed by atoms with E-state index in [9.17, 15) is 0 Å². The SMILES string of the molecule is CCCCCCCCS.[H-].[Na+]. The molecule has 0 rings (SSSR count). The second-order valence-electron chi connectivity index (χ2n) is 2.49. The van der Waals surface area contributed by atoms with Crippen molar-refractivity contribution in [3.8, 4) is 0 Å². The molecule has 0 aliphatic rings. The average Bonchev–Trinajstić information content (AvgIpc) is 1.89. The van der Waals surface area contributed by atoms with Gasteiger partial charge in [-0.2, -0.15) is 12.6 Å². The molecule has 58 valence electrons. The third-order valence-electron chi connectivity index (χ3n) is 1.51. The summed E-state index contributed by atoms with van der Waals surface area (Å²) in [7, 11) is 0. The van der Waals surface area contributed by atoms with Crippen molar-refractivity contribution in [2.45, 2.75) is 45.4 Å². The first-order chi connectivity index (χ1) is 4.41. The minimum atomic E-state index is 0. The second-order valence-corrected chi connectivity index (χ2v) is 2.94. The van der Waals surface area contributed by atoms with Gasteiger partial charge in [0.2, 0.25) is 0 Å². The van der Waals surface area contributed by atoms with Crippen LogP contribution < -0.4 is 29.6 Å². The molecule has 0 aromatic carbocycles. The quantitative estimate of drug-likeness (QED) is 0.333. The summed E-state index contributed by atoms with van der Waals surface area (Å²) in [6.45, 7) is 2.25. The van der Waals surface area contributed by atoms with Crippen LogP contribution >= 0.6 is 12.6 Å². The van der Waals surface area contributed by atoms with Gasteiger partial charge in [-0.25, -0.2) is 0 Å². The Kier molecular flexibility index (Phi) is 18.0. The second kappa shape index (κ2) is 13.0. The number of thiol groups is 1. The zero-order chi connectivity index (χ0) is 6.95.